The summed E-state index contributed by atoms with van der Waals surface area (Å²) in [7, 11) is 0. The fraction of sp³-hybridized carbons (Fsp3) is 0.205. The fourth-order valence-corrected chi connectivity index (χ4v) is 7.32. The Morgan fingerprint density at radius 3 is 2.17 bits per heavy atom. The maximum Gasteiger partial charge on any atom is 0.246 e. The maximum absolute atomic E-state index is 14.8. The molecule has 236 valence electrons. The predicted molar refractivity (Wildman–Crippen MR) is 185 cm³/mol. The molecule has 1 N–H and O–H groups in total. The smallest absolute Gasteiger partial charge is 0.246 e. The SMILES string of the molecule is O=C(NCc1ccccc1)[C@@H]1N(Cc2ccccc2)C(=O)[C@H]2[C@@H]3C(=O)N(c4ccc(Br)cc4)CC=C[C@@H]3O[C@@]12/C=C/c1ccccc1. The maximum atomic E-state index is 14.8. The highest BCUT2D eigenvalue weighted by atomic mass is 79.9. The van der Waals surface area contributed by atoms with Gasteiger partial charge in [-0.1, -0.05) is 125 Å². The summed E-state index contributed by atoms with van der Waals surface area (Å²) in [5, 5.41) is 3.09. The van der Waals surface area contributed by atoms with Crippen molar-refractivity contribution in [1.82, 2.24) is 10.2 Å². The van der Waals surface area contributed by atoms with Gasteiger partial charge in [0.25, 0.3) is 0 Å². The van der Waals surface area contributed by atoms with Gasteiger partial charge in [0.1, 0.15) is 11.6 Å². The van der Waals surface area contributed by atoms with Gasteiger partial charge in [-0.25, -0.2) is 0 Å². The Morgan fingerprint density at radius 1 is 0.851 bits per heavy atom. The van der Waals surface area contributed by atoms with Crippen LogP contribution in [0.5, 0.6) is 0 Å². The molecule has 3 heterocycles. The van der Waals surface area contributed by atoms with Gasteiger partial charge < -0.3 is 19.9 Å². The molecule has 2 fully saturated rings. The van der Waals surface area contributed by atoms with E-state index in [-0.39, 0.29) is 30.8 Å². The van der Waals surface area contributed by atoms with Crippen LogP contribution >= 0.6 is 15.9 Å². The van der Waals surface area contributed by atoms with Crippen LogP contribution in [0.3, 0.4) is 0 Å². The van der Waals surface area contributed by atoms with E-state index in [4.69, 9.17) is 4.74 Å². The molecule has 0 aliphatic carbocycles. The minimum Gasteiger partial charge on any atom is -0.359 e. The zero-order valence-corrected chi connectivity index (χ0v) is 27.2. The van der Waals surface area contributed by atoms with Gasteiger partial charge in [0.2, 0.25) is 17.7 Å². The monoisotopic (exact) mass is 687 g/mol. The molecule has 7 nitrogen and oxygen atoms in total. The third-order valence-electron chi connectivity index (χ3n) is 9.22. The zero-order valence-electron chi connectivity index (χ0n) is 25.6. The number of carbonyl (C=O) groups is 3. The van der Waals surface area contributed by atoms with Crippen LogP contribution in [0.15, 0.2) is 138 Å². The van der Waals surface area contributed by atoms with Crippen molar-refractivity contribution in [2.24, 2.45) is 11.8 Å². The number of ether oxygens (including phenoxy) is 1. The second-order valence-electron chi connectivity index (χ2n) is 12.1. The number of carbonyl (C=O) groups excluding carboxylic acids is 3. The molecule has 0 saturated carbocycles. The standard InChI is InChI=1S/C39H34BrN3O4/c40-30-18-20-31(21-19-30)42-24-10-17-32-33(37(42)45)34-38(46)43(26-29-15-8-3-9-16-29)35(36(44)41-25-28-13-6-2-7-14-28)39(34,47-32)23-22-27-11-4-1-5-12-27/h1-23,32-35H,24-26H2,(H,41,44)/b23-22+/t32-,33+,34+,35-,39+/m0/s1. The van der Waals surface area contributed by atoms with Crippen molar-refractivity contribution >= 4 is 45.4 Å². The number of anilines is 1. The number of benzene rings is 4. The van der Waals surface area contributed by atoms with Crippen LogP contribution in [-0.2, 0) is 32.2 Å². The summed E-state index contributed by atoms with van der Waals surface area (Å²) in [4.78, 5) is 47.2. The van der Waals surface area contributed by atoms with Crippen LogP contribution in [-0.4, -0.2) is 46.9 Å². The second-order valence-corrected chi connectivity index (χ2v) is 13.0. The largest absolute Gasteiger partial charge is 0.359 e. The first-order chi connectivity index (χ1) is 22.9. The lowest BCUT2D eigenvalue weighted by Gasteiger charge is -2.34. The van der Waals surface area contributed by atoms with Crippen molar-refractivity contribution in [3.63, 3.8) is 0 Å². The number of likely N-dealkylation sites (tertiary alicyclic amines) is 1. The van der Waals surface area contributed by atoms with E-state index in [1.807, 2.05) is 140 Å². The summed E-state index contributed by atoms with van der Waals surface area (Å²) in [6.07, 6.45) is 6.85. The molecule has 4 aromatic rings. The molecular weight excluding hydrogens is 654 g/mol. The quantitative estimate of drug-likeness (QED) is 0.225. The summed E-state index contributed by atoms with van der Waals surface area (Å²) in [6, 6.07) is 35.5. The van der Waals surface area contributed by atoms with E-state index < -0.39 is 29.6 Å². The average molecular weight is 689 g/mol. The summed E-state index contributed by atoms with van der Waals surface area (Å²) in [5.74, 6) is -2.60. The van der Waals surface area contributed by atoms with E-state index in [0.717, 1.165) is 26.9 Å². The molecule has 8 heteroatoms. The van der Waals surface area contributed by atoms with E-state index in [9.17, 15) is 14.4 Å². The molecule has 3 amide bonds. The molecule has 0 radical (unpaired) electrons. The lowest BCUT2D eigenvalue weighted by Crippen LogP contribution is -2.55. The van der Waals surface area contributed by atoms with Gasteiger partial charge in [-0.05, 0) is 47.0 Å². The Kier molecular flexibility index (Phi) is 8.62. The minimum atomic E-state index is -1.42. The van der Waals surface area contributed by atoms with Crippen molar-refractivity contribution < 1.29 is 19.1 Å². The van der Waals surface area contributed by atoms with Gasteiger partial charge in [0.15, 0.2) is 0 Å². The number of rotatable bonds is 8. The topological polar surface area (TPSA) is 79.0 Å². The number of nitrogens with one attached hydrogen (secondary N) is 1. The van der Waals surface area contributed by atoms with Gasteiger partial charge in [0.05, 0.1) is 17.9 Å². The number of nitrogens with zero attached hydrogens (tertiary/aromatic N) is 2. The molecule has 2 saturated heterocycles. The molecule has 47 heavy (non-hydrogen) atoms. The molecule has 0 unspecified atom stereocenters. The molecule has 7 rings (SSSR count). The van der Waals surface area contributed by atoms with E-state index in [0.29, 0.717) is 6.54 Å². The van der Waals surface area contributed by atoms with E-state index >= 15 is 0 Å². The Labute approximate surface area is 282 Å². The third-order valence-corrected chi connectivity index (χ3v) is 9.75. The van der Waals surface area contributed by atoms with Crippen LogP contribution in [0.4, 0.5) is 5.69 Å². The third kappa shape index (κ3) is 5.95. The number of amides is 3. The molecule has 0 bridgehead atoms. The number of halogens is 1. The average Bonchev–Trinajstić information content (AvgIpc) is 3.48. The van der Waals surface area contributed by atoms with Crippen LogP contribution in [0.1, 0.15) is 16.7 Å². The van der Waals surface area contributed by atoms with E-state index in [1.165, 1.54) is 0 Å². The van der Waals surface area contributed by atoms with Crippen LogP contribution in [0.2, 0.25) is 0 Å². The highest BCUT2D eigenvalue weighted by Gasteiger charge is 2.71. The Balaban J connectivity index is 1.34. The van der Waals surface area contributed by atoms with Crippen molar-refractivity contribution in [2.75, 3.05) is 11.4 Å². The molecular formula is C39H34BrN3O4. The fourth-order valence-electron chi connectivity index (χ4n) is 7.05. The van der Waals surface area contributed by atoms with Crippen molar-refractivity contribution in [3.05, 3.63) is 155 Å². The van der Waals surface area contributed by atoms with Gasteiger partial charge in [-0.2, -0.15) is 0 Å². The van der Waals surface area contributed by atoms with Crippen molar-refractivity contribution in [3.8, 4) is 0 Å². The number of hydrogen-bond acceptors (Lipinski definition) is 4. The van der Waals surface area contributed by atoms with Crippen molar-refractivity contribution in [1.29, 1.82) is 0 Å². The summed E-state index contributed by atoms with van der Waals surface area (Å²) in [5.41, 5.74) is 2.02. The number of fused-ring (bicyclic) bond motifs is 3. The summed E-state index contributed by atoms with van der Waals surface area (Å²) < 4.78 is 7.83. The van der Waals surface area contributed by atoms with Crippen LogP contribution in [0.25, 0.3) is 6.08 Å². The van der Waals surface area contributed by atoms with Gasteiger partial charge in [-0.15, -0.1) is 0 Å². The van der Waals surface area contributed by atoms with Crippen molar-refractivity contribution in [2.45, 2.75) is 30.8 Å². The Morgan fingerprint density at radius 2 is 1.49 bits per heavy atom. The summed E-state index contributed by atoms with van der Waals surface area (Å²) >= 11 is 3.48. The van der Waals surface area contributed by atoms with E-state index in [1.54, 1.807) is 9.80 Å². The molecule has 3 aliphatic rings. The van der Waals surface area contributed by atoms with Gasteiger partial charge in [0, 0.05) is 29.8 Å². The molecule has 0 aromatic heterocycles. The molecule has 5 atom stereocenters. The highest BCUT2D eigenvalue weighted by molar-refractivity contribution is 9.10. The summed E-state index contributed by atoms with van der Waals surface area (Å²) in [6.45, 7) is 0.830. The van der Waals surface area contributed by atoms with Crippen LogP contribution < -0.4 is 10.2 Å². The highest BCUT2D eigenvalue weighted by Crippen LogP contribution is 2.53. The van der Waals surface area contributed by atoms with Gasteiger partial charge in [-0.3, -0.25) is 14.4 Å². The van der Waals surface area contributed by atoms with Crippen LogP contribution in [0, 0.1) is 11.8 Å². The molecule has 0 spiro atoms. The lowest BCUT2D eigenvalue weighted by molar-refractivity contribution is -0.142. The first kappa shape index (κ1) is 30.8. The Bertz CT molecular complexity index is 1810. The molecule has 4 aromatic carbocycles. The molecule has 3 aliphatic heterocycles. The first-order valence-corrected chi connectivity index (χ1v) is 16.6. The Hall–Kier alpha value is -4.79. The number of hydrogen-bond donors (Lipinski definition) is 1. The lowest BCUT2D eigenvalue weighted by atomic mass is 9.77. The first-order valence-electron chi connectivity index (χ1n) is 15.8. The van der Waals surface area contributed by atoms with E-state index in [2.05, 4.69) is 21.2 Å². The van der Waals surface area contributed by atoms with Gasteiger partial charge >= 0.3 is 0 Å². The minimum absolute atomic E-state index is 0.196. The predicted octanol–water partition coefficient (Wildman–Crippen LogP) is 6.16. The zero-order chi connectivity index (χ0) is 32.4. The normalized spacial score (nSPS) is 25.1. The second kappa shape index (κ2) is 13.1.